The second kappa shape index (κ2) is 5.02. The van der Waals surface area contributed by atoms with E-state index in [2.05, 4.69) is 4.98 Å². The Balaban J connectivity index is 2.03. The highest BCUT2D eigenvalue weighted by molar-refractivity contribution is 5.79. The maximum Gasteiger partial charge on any atom is 0.123 e. The number of hydrogen-bond acceptors (Lipinski definition) is 2. The zero-order valence-electron chi connectivity index (χ0n) is 11.2. The van der Waals surface area contributed by atoms with E-state index in [1.54, 1.807) is 6.07 Å². The molecular formula is C17H15FN2. The first-order valence-corrected chi connectivity index (χ1v) is 6.52. The predicted molar refractivity (Wildman–Crippen MR) is 78.9 cm³/mol. The van der Waals surface area contributed by atoms with Crippen molar-refractivity contribution >= 4 is 10.9 Å². The van der Waals surface area contributed by atoms with Gasteiger partial charge >= 0.3 is 0 Å². The molecule has 1 heterocycles. The molecular weight excluding hydrogens is 251 g/mol. The number of aryl methyl sites for hydroxylation is 1. The Morgan fingerprint density at radius 2 is 1.80 bits per heavy atom. The summed E-state index contributed by atoms with van der Waals surface area (Å²) in [5.41, 5.74) is 9.87. The van der Waals surface area contributed by atoms with E-state index in [0.717, 1.165) is 27.7 Å². The molecule has 1 unspecified atom stereocenters. The van der Waals surface area contributed by atoms with Gasteiger partial charge in [-0.05, 0) is 48.4 Å². The summed E-state index contributed by atoms with van der Waals surface area (Å²) in [6, 6.07) is 16.0. The molecule has 0 aliphatic heterocycles. The standard InChI is InChI=1S/C17H15FN2/c1-11-5-6-12-9-14(7-8-16(12)20-11)17(19)13-3-2-4-15(18)10-13/h2-10,17H,19H2,1H3. The minimum atomic E-state index is -0.337. The van der Waals surface area contributed by atoms with Gasteiger partial charge in [-0.2, -0.15) is 0 Å². The number of nitrogens with zero attached hydrogens (tertiary/aromatic N) is 1. The zero-order chi connectivity index (χ0) is 14.1. The molecule has 2 N–H and O–H groups in total. The fraction of sp³-hybridized carbons (Fsp3) is 0.118. The van der Waals surface area contributed by atoms with Crippen molar-refractivity contribution in [1.29, 1.82) is 0 Å². The molecule has 3 aromatic rings. The third-order valence-corrected chi connectivity index (χ3v) is 3.42. The molecule has 1 atom stereocenters. The molecule has 3 heteroatoms. The van der Waals surface area contributed by atoms with Crippen molar-refractivity contribution < 1.29 is 4.39 Å². The topological polar surface area (TPSA) is 38.9 Å². The van der Waals surface area contributed by atoms with E-state index >= 15 is 0 Å². The Labute approximate surface area is 117 Å². The lowest BCUT2D eigenvalue weighted by atomic mass is 9.98. The maximum atomic E-state index is 13.3. The summed E-state index contributed by atoms with van der Waals surface area (Å²) >= 11 is 0. The lowest BCUT2D eigenvalue weighted by Gasteiger charge is -2.13. The van der Waals surface area contributed by atoms with Crippen molar-refractivity contribution in [1.82, 2.24) is 4.98 Å². The van der Waals surface area contributed by atoms with Crippen LogP contribution in [0.25, 0.3) is 10.9 Å². The molecule has 1 aromatic heterocycles. The summed E-state index contributed by atoms with van der Waals surface area (Å²) < 4.78 is 13.3. The van der Waals surface area contributed by atoms with E-state index in [1.165, 1.54) is 12.1 Å². The number of nitrogens with two attached hydrogens (primary N) is 1. The van der Waals surface area contributed by atoms with Gasteiger partial charge in [0.05, 0.1) is 11.6 Å². The highest BCUT2D eigenvalue weighted by atomic mass is 19.1. The summed E-state index contributed by atoms with van der Waals surface area (Å²) in [4.78, 5) is 4.46. The van der Waals surface area contributed by atoms with E-state index in [0.29, 0.717) is 0 Å². The van der Waals surface area contributed by atoms with Crippen LogP contribution in [-0.4, -0.2) is 4.98 Å². The van der Waals surface area contributed by atoms with Crippen molar-refractivity contribution in [3.05, 3.63) is 77.2 Å². The largest absolute Gasteiger partial charge is 0.320 e. The normalized spacial score (nSPS) is 12.6. The molecule has 0 fully saturated rings. The Morgan fingerprint density at radius 3 is 2.60 bits per heavy atom. The first-order valence-electron chi connectivity index (χ1n) is 6.52. The molecule has 0 saturated heterocycles. The number of pyridine rings is 1. The Hall–Kier alpha value is -2.26. The van der Waals surface area contributed by atoms with E-state index in [-0.39, 0.29) is 11.9 Å². The first kappa shape index (κ1) is 12.8. The summed E-state index contributed by atoms with van der Waals surface area (Å²) in [6.45, 7) is 1.96. The van der Waals surface area contributed by atoms with Crippen LogP contribution in [0.2, 0.25) is 0 Å². The smallest absolute Gasteiger partial charge is 0.123 e. The van der Waals surface area contributed by atoms with Gasteiger partial charge in [0.15, 0.2) is 0 Å². The van der Waals surface area contributed by atoms with Gasteiger partial charge in [0.2, 0.25) is 0 Å². The summed E-state index contributed by atoms with van der Waals surface area (Å²) in [7, 11) is 0. The molecule has 2 aromatic carbocycles. The number of benzene rings is 2. The first-order chi connectivity index (χ1) is 9.63. The molecule has 0 saturated carbocycles. The van der Waals surface area contributed by atoms with Crippen LogP contribution < -0.4 is 5.73 Å². The average molecular weight is 266 g/mol. The minimum Gasteiger partial charge on any atom is -0.320 e. The van der Waals surface area contributed by atoms with E-state index in [4.69, 9.17) is 5.73 Å². The molecule has 0 radical (unpaired) electrons. The number of rotatable bonds is 2. The lowest BCUT2D eigenvalue weighted by molar-refractivity contribution is 0.623. The third kappa shape index (κ3) is 2.40. The van der Waals surface area contributed by atoms with Crippen LogP contribution in [0, 0.1) is 12.7 Å². The molecule has 3 rings (SSSR count). The molecule has 0 amide bonds. The molecule has 100 valence electrons. The van der Waals surface area contributed by atoms with Crippen molar-refractivity contribution in [2.24, 2.45) is 5.73 Å². The van der Waals surface area contributed by atoms with Gasteiger partial charge in [-0.15, -0.1) is 0 Å². The van der Waals surface area contributed by atoms with Crippen LogP contribution in [-0.2, 0) is 0 Å². The number of fused-ring (bicyclic) bond motifs is 1. The number of hydrogen-bond donors (Lipinski definition) is 1. The van der Waals surface area contributed by atoms with Crippen molar-refractivity contribution in [3.8, 4) is 0 Å². The van der Waals surface area contributed by atoms with Crippen LogP contribution in [0.5, 0.6) is 0 Å². The van der Waals surface area contributed by atoms with Gasteiger partial charge in [-0.3, -0.25) is 4.98 Å². The van der Waals surface area contributed by atoms with Crippen molar-refractivity contribution in [2.75, 3.05) is 0 Å². The quantitative estimate of drug-likeness (QED) is 0.767. The second-order valence-electron chi connectivity index (χ2n) is 4.94. The summed E-state index contributed by atoms with van der Waals surface area (Å²) in [5.74, 6) is -0.268. The molecule has 0 aliphatic carbocycles. The van der Waals surface area contributed by atoms with Crippen LogP contribution in [0.15, 0.2) is 54.6 Å². The molecule has 0 spiro atoms. The van der Waals surface area contributed by atoms with Gasteiger partial charge < -0.3 is 5.73 Å². The van der Waals surface area contributed by atoms with Gasteiger partial charge in [-0.25, -0.2) is 4.39 Å². The van der Waals surface area contributed by atoms with E-state index in [1.807, 2.05) is 43.3 Å². The second-order valence-corrected chi connectivity index (χ2v) is 4.94. The van der Waals surface area contributed by atoms with E-state index in [9.17, 15) is 4.39 Å². The lowest BCUT2D eigenvalue weighted by Crippen LogP contribution is -2.12. The molecule has 2 nitrogen and oxygen atoms in total. The molecule has 0 bridgehead atoms. The highest BCUT2D eigenvalue weighted by Crippen LogP contribution is 2.23. The van der Waals surface area contributed by atoms with Gasteiger partial charge in [0.1, 0.15) is 5.82 Å². The predicted octanol–water partition coefficient (Wildman–Crippen LogP) is 3.73. The summed E-state index contributed by atoms with van der Waals surface area (Å²) in [5, 5.41) is 1.04. The van der Waals surface area contributed by atoms with Gasteiger partial charge in [0, 0.05) is 11.1 Å². The monoisotopic (exact) mass is 266 g/mol. The zero-order valence-corrected chi connectivity index (χ0v) is 11.2. The average Bonchev–Trinajstić information content (AvgIpc) is 2.46. The van der Waals surface area contributed by atoms with Crippen LogP contribution in [0.1, 0.15) is 22.9 Å². The maximum absolute atomic E-state index is 13.3. The highest BCUT2D eigenvalue weighted by Gasteiger charge is 2.10. The molecule has 20 heavy (non-hydrogen) atoms. The molecule has 0 aliphatic rings. The van der Waals surface area contributed by atoms with Crippen LogP contribution in [0.3, 0.4) is 0 Å². The van der Waals surface area contributed by atoms with Gasteiger partial charge in [0.25, 0.3) is 0 Å². The van der Waals surface area contributed by atoms with Crippen molar-refractivity contribution in [3.63, 3.8) is 0 Å². The Kier molecular flexibility index (Phi) is 3.20. The van der Waals surface area contributed by atoms with Crippen LogP contribution in [0.4, 0.5) is 4.39 Å². The summed E-state index contributed by atoms with van der Waals surface area (Å²) in [6.07, 6.45) is 0. The fourth-order valence-corrected chi connectivity index (χ4v) is 2.33. The van der Waals surface area contributed by atoms with Gasteiger partial charge in [-0.1, -0.05) is 24.3 Å². The minimum absolute atomic E-state index is 0.268. The van der Waals surface area contributed by atoms with E-state index < -0.39 is 0 Å². The third-order valence-electron chi connectivity index (χ3n) is 3.42. The Bertz CT molecular complexity index is 768. The number of halogens is 1. The number of aromatic nitrogens is 1. The SMILES string of the molecule is Cc1ccc2cc(C(N)c3cccc(F)c3)ccc2n1. The van der Waals surface area contributed by atoms with Crippen molar-refractivity contribution in [2.45, 2.75) is 13.0 Å². The van der Waals surface area contributed by atoms with Crippen LogP contribution >= 0.6 is 0 Å². The Morgan fingerprint density at radius 1 is 1.00 bits per heavy atom. The fourth-order valence-electron chi connectivity index (χ4n) is 2.33.